The maximum atomic E-state index is 10.5. The van der Waals surface area contributed by atoms with Gasteiger partial charge in [0.15, 0.2) is 6.10 Å². The molecule has 0 spiro atoms. The van der Waals surface area contributed by atoms with E-state index >= 15 is 0 Å². The highest BCUT2D eigenvalue weighted by Crippen LogP contribution is 2.14. The molecule has 1 aromatic rings. The number of aromatic nitrogens is 4. The summed E-state index contributed by atoms with van der Waals surface area (Å²) in [7, 11) is 0. The predicted octanol–water partition coefficient (Wildman–Crippen LogP) is -1.02. The SMILES string of the molecule is O=C1NCC(c2nn[nH]n2)O1. The summed E-state index contributed by atoms with van der Waals surface area (Å²) >= 11 is 0. The van der Waals surface area contributed by atoms with E-state index in [1.54, 1.807) is 0 Å². The van der Waals surface area contributed by atoms with Crippen LogP contribution in [0.3, 0.4) is 0 Å². The molecule has 0 bridgehead atoms. The second-order valence-electron chi connectivity index (χ2n) is 2.04. The molecule has 0 aromatic carbocycles. The van der Waals surface area contributed by atoms with Crippen LogP contribution in [0.1, 0.15) is 11.9 Å². The van der Waals surface area contributed by atoms with Gasteiger partial charge in [-0.3, -0.25) is 0 Å². The number of H-pyrrole nitrogens is 1. The second-order valence-corrected chi connectivity index (χ2v) is 2.04. The molecule has 1 fully saturated rings. The molecular formula is C4H5N5O2. The Morgan fingerprint density at radius 3 is 3.09 bits per heavy atom. The van der Waals surface area contributed by atoms with E-state index in [2.05, 4.69) is 25.9 Å². The number of tetrazole rings is 1. The Hall–Kier alpha value is -1.66. The van der Waals surface area contributed by atoms with Gasteiger partial charge in [-0.25, -0.2) is 4.79 Å². The van der Waals surface area contributed by atoms with Gasteiger partial charge in [0.05, 0.1) is 6.54 Å². The molecule has 1 amide bonds. The molecule has 1 unspecified atom stereocenters. The van der Waals surface area contributed by atoms with Crippen molar-refractivity contribution >= 4 is 6.09 Å². The lowest BCUT2D eigenvalue weighted by Gasteiger charge is -1.98. The average molecular weight is 155 g/mol. The van der Waals surface area contributed by atoms with Crippen LogP contribution >= 0.6 is 0 Å². The molecule has 0 radical (unpaired) electrons. The number of carbonyl (C=O) groups excluding carboxylic acids is 1. The van der Waals surface area contributed by atoms with Crippen molar-refractivity contribution in [3.63, 3.8) is 0 Å². The summed E-state index contributed by atoms with van der Waals surface area (Å²) in [5.41, 5.74) is 0. The number of ether oxygens (including phenoxy) is 1. The lowest BCUT2D eigenvalue weighted by molar-refractivity contribution is 0.137. The van der Waals surface area contributed by atoms with Crippen LogP contribution in [0.4, 0.5) is 4.79 Å². The van der Waals surface area contributed by atoms with Crippen molar-refractivity contribution < 1.29 is 9.53 Å². The Kier molecular flexibility index (Phi) is 1.21. The first kappa shape index (κ1) is 6.08. The standard InChI is InChI=1S/C4H5N5O2/c10-4-5-1-2(11-4)3-6-8-9-7-3/h2H,1H2,(H,5,10)(H,6,7,8,9). The Labute approximate surface area is 61.1 Å². The molecule has 7 heteroatoms. The first-order valence-corrected chi connectivity index (χ1v) is 3.04. The van der Waals surface area contributed by atoms with Crippen molar-refractivity contribution in [2.75, 3.05) is 6.54 Å². The number of cyclic esters (lactones) is 1. The molecule has 58 valence electrons. The zero-order valence-electron chi connectivity index (χ0n) is 5.44. The first-order valence-electron chi connectivity index (χ1n) is 3.04. The Bertz CT molecular complexity index is 257. The summed E-state index contributed by atoms with van der Waals surface area (Å²) in [5, 5.41) is 15.4. The van der Waals surface area contributed by atoms with Gasteiger partial charge in [-0.2, -0.15) is 5.21 Å². The highest BCUT2D eigenvalue weighted by atomic mass is 16.6. The molecule has 2 rings (SSSR count). The monoisotopic (exact) mass is 155 g/mol. The van der Waals surface area contributed by atoms with Gasteiger partial charge in [-0.15, -0.1) is 10.2 Å². The van der Waals surface area contributed by atoms with Gasteiger partial charge in [0, 0.05) is 0 Å². The van der Waals surface area contributed by atoms with Crippen LogP contribution in [-0.2, 0) is 4.74 Å². The number of hydrogen-bond acceptors (Lipinski definition) is 5. The zero-order chi connectivity index (χ0) is 7.68. The van der Waals surface area contributed by atoms with E-state index in [1.165, 1.54) is 0 Å². The van der Waals surface area contributed by atoms with Crippen LogP contribution in [0, 0.1) is 0 Å². The van der Waals surface area contributed by atoms with Crippen molar-refractivity contribution in [3.8, 4) is 0 Å². The number of nitrogens with one attached hydrogen (secondary N) is 2. The van der Waals surface area contributed by atoms with Crippen LogP contribution in [0.5, 0.6) is 0 Å². The van der Waals surface area contributed by atoms with Gasteiger partial charge in [0.1, 0.15) is 0 Å². The minimum absolute atomic E-state index is 0.392. The summed E-state index contributed by atoms with van der Waals surface area (Å²) in [6, 6.07) is 0. The number of carbonyl (C=O) groups is 1. The molecule has 1 aliphatic rings. The third kappa shape index (κ3) is 0.997. The molecule has 2 heterocycles. The first-order chi connectivity index (χ1) is 5.36. The predicted molar refractivity (Wildman–Crippen MR) is 31.4 cm³/mol. The van der Waals surface area contributed by atoms with Gasteiger partial charge >= 0.3 is 6.09 Å². The summed E-state index contributed by atoms with van der Waals surface area (Å²) in [6.07, 6.45) is -0.846. The van der Waals surface area contributed by atoms with Gasteiger partial charge in [-0.05, 0) is 0 Å². The van der Waals surface area contributed by atoms with Crippen LogP contribution in [-0.4, -0.2) is 33.3 Å². The second kappa shape index (κ2) is 2.19. The third-order valence-electron chi connectivity index (χ3n) is 1.33. The van der Waals surface area contributed by atoms with Gasteiger partial charge in [0.25, 0.3) is 0 Å². The normalized spacial score (nSPS) is 22.9. The van der Waals surface area contributed by atoms with E-state index < -0.39 is 12.2 Å². The Morgan fingerprint density at radius 2 is 2.55 bits per heavy atom. The number of alkyl carbamates (subject to hydrolysis) is 1. The van der Waals surface area contributed by atoms with E-state index in [-0.39, 0.29) is 0 Å². The molecule has 1 aliphatic heterocycles. The Balaban J connectivity index is 2.13. The largest absolute Gasteiger partial charge is 0.436 e. The lowest BCUT2D eigenvalue weighted by atomic mass is 10.3. The average Bonchev–Trinajstić information content (AvgIpc) is 2.55. The molecule has 2 N–H and O–H groups in total. The molecule has 0 aliphatic carbocycles. The number of nitrogens with zero attached hydrogens (tertiary/aromatic N) is 3. The van der Waals surface area contributed by atoms with E-state index in [1.807, 2.05) is 0 Å². The molecule has 1 atom stereocenters. The highest BCUT2D eigenvalue weighted by Gasteiger charge is 2.27. The van der Waals surface area contributed by atoms with Crippen molar-refractivity contribution in [2.24, 2.45) is 0 Å². The topological polar surface area (TPSA) is 92.8 Å². The van der Waals surface area contributed by atoms with Crippen molar-refractivity contribution in [1.82, 2.24) is 25.9 Å². The highest BCUT2D eigenvalue weighted by molar-refractivity contribution is 5.69. The maximum Gasteiger partial charge on any atom is 0.408 e. The number of hydrogen-bond donors (Lipinski definition) is 2. The quantitative estimate of drug-likeness (QED) is 0.541. The molecule has 11 heavy (non-hydrogen) atoms. The fourth-order valence-electron chi connectivity index (χ4n) is 0.838. The van der Waals surface area contributed by atoms with Gasteiger partial charge in [0.2, 0.25) is 5.82 Å². The summed E-state index contributed by atoms with van der Waals surface area (Å²) < 4.78 is 4.77. The molecular weight excluding hydrogens is 150 g/mol. The molecule has 1 saturated heterocycles. The van der Waals surface area contributed by atoms with E-state index in [9.17, 15) is 4.79 Å². The summed E-state index contributed by atoms with van der Waals surface area (Å²) in [4.78, 5) is 10.5. The van der Waals surface area contributed by atoms with Crippen molar-refractivity contribution in [3.05, 3.63) is 5.82 Å². The van der Waals surface area contributed by atoms with E-state index in [4.69, 9.17) is 4.74 Å². The van der Waals surface area contributed by atoms with E-state index in [0.717, 1.165) is 0 Å². The van der Waals surface area contributed by atoms with Crippen LogP contribution in [0.25, 0.3) is 0 Å². The van der Waals surface area contributed by atoms with Crippen LogP contribution in [0.15, 0.2) is 0 Å². The summed E-state index contributed by atoms with van der Waals surface area (Å²) in [5.74, 6) is 0.392. The fraction of sp³-hybridized carbons (Fsp3) is 0.500. The number of amides is 1. The van der Waals surface area contributed by atoms with E-state index in [0.29, 0.717) is 12.4 Å². The van der Waals surface area contributed by atoms with Crippen LogP contribution in [0.2, 0.25) is 0 Å². The van der Waals surface area contributed by atoms with Gasteiger partial charge < -0.3 is 10.1 Å². The minimum Gasteiger partial charge on any atom is -0.436 e. The molecule has 0 saturated carbocycles. The molecule has 7 nitrogen and oxygen atoms in total. The lowest BCUT2D eigenvalue weighted by Crippen LogP contribution is -2.12. The molecule has 1 aromatic heterocycles. The zero-order valence-corrected chi connectivity index (χ0v) is 5.44. The minimum atomic E-state index is -0.445. The van der Waals surface area contributed by atoms with Gasteiger partial charge in [-0.1, -0.05) is 5.21 Å². The summed E-state index contributed by atoms with van der Waals surface area (Å²) in [6.45, 7) is 0.401. The Morgan fingerprint density at radius 1 is 1.64 bits per heavy atom. The van der Waals surface area contributed by atoms with Crippen LogP contribution < -0.4 is 5.32 Å². The maximum absolute atomic E-state index is 10.5. The fourth-order valence-corrected chi connectivity index (χ4v) is 0.838. The number of rotatable bonds is 1. The van der Waals surface area contributed by atoms with Crippen molar-refractivity contribution in [1.29, 1.82) is 0 Å². The number of aromatic amines is 1. The smallest absolute Gasteiger partial charge is 0.408 e. The third-order valence-corrected chi connectivity index (χ3v) is 1.33. The van der Waals surface area contributed by atoms with Crippen molar-refractivity contribution in [2.45, 2.75) is 6.10 Å².